The number of ether oxygens (including phenoxy) is 1. The van der Waals surface area contributed by atoms with Crippen molar-refractivity contribution in [3.05, 3.63) is 29.8 Å². The molecule has 3 N–H and O–H groups in total. The molecule has 136 valence electrons. The first kappa shape index (κ1) is 20.2. The number of benzene rings is 1. The van der Waals surface area contributed by atoms with Crippen LogP contribution in [0.1, 0.15) is 12.0 Å². The zero-order valence-corrected chi connectivity index (χ0v) is 13.8. The Morgan fingerprint density at radius 3 is 2.38 bits per heavy atom. The first-order valence-corrected chi connectivity index (χ1v) is 9.06. The molecule has 1 unspecified atom stereocenters. The number of hydrogen-bond donors (Lipinski definition) is 2. The van der Waals surface area contributed by atoms with E-state index < -0.39 is 33.5 Å². The van der Waals surface area contributed by atoms with Crippen molar-refractivity contribution in [1.82, 2.24) is 5.32 Å². The van der Waals surface area contributed by atoms with Crippen molar-refractivity contribution in [2.45, 2.75) is 18.6 Å². The van der Waals surface area contributed by atoms with E-state index in [9.17, 15) is 26.4 Å². The molecule has 0 aliphatic rings. The Morgan fingerprint density at radius 1 is 1.29 bits per heavy atom. The summed E-state index contributed by atoms with van der Waals surface area (Å²) < 4.78 is 64.3. The quantitative estimate of drug-likeness (QED) is 0.666. The molecule has 0 fully saturated rings. The minimum atomic E-state index is -4.41. The van der Waals surface area contributed by atoms with Crippen LogP contribution in [0.5, 0.6) is 5.75 Å². The number of nitrogens with one attached hydrogen (secondary N) is 1. The summed E-state index contributed by atoms with van der Waals surface area (Å²) in [5.41, 5.74) is 4.77. The van der Waals surface area contributed by atoms with Crippen LogP contribution in [0.4, 0.5) is 13.2 Å². The van der Waals surface area contributed by atoms with Crippen LogP contribution in [0.25, 0.3) is 0 Å². The summed E-state index contributed by atoms with van der Waals surface area (Å²) >= 11 is 0. The second-order valence-corrected chi connectivity index (χ2v) is 7.45. The van der Waals surface area contributed by atoms with Gasteiger partial charge in [-0.25, -0.2) is 8.42 Å². The van der Waals surface area contributed by atoms with Gasteiger partial charge in [0.15, 0.2) is 0 Å². The van der Waals surface area contributed by atoms with E-state index in [4.69, 9.17) is 10.5 Å². The summed E-state index contributed by atoms with van der Waals surface area (Å²) in [4.78, 5) is 11.6. The molecule has 0 aromatic heterocycles. The summed E-state index contributed by atoms with van der Waals surface area (Å²) in [6.45, 7) is 0.127. The normalized spacial score (nSPS) is 13.4. The molecular formula is C14H19F3N2O4S. The van der Waals surface area contributed by atoms with Crippen molar-refractivity contribution in [2.24, 2.45) is 5.73 Å². The topological polar surface area (TPSA) is 98.5 Å². The molecule has 0 bridgehead atoms. The minimum Gasteiger partial charge on any atom is -0.492 e. The van der Waals surface area contributed by atoms with Crippen LogP contribution in [-0.2, 0) is 20.8 Å². The van der Waals surface area contributed by atoms with Gasteiger partial charge in [0.25, 0.3) is 0 Å². The minimum absolute atomic E-state index is 0.00439. The highest BCUT2D eigenvalue weighted by atomic mass is 32.2. The Balaban J connectivity index is 2.31. The van der Waals surface area contributed by atoms with E-state index in [1.54, 1.807) is 0 Å². The molecule has 0 aliphatic carbocycles. The maximum absolute atomic E-state index is 12.4. The molecule has 1 aromatic carbocycles. The molecule has 1 aromatic rings. The van der Waals surface area contributed by atoms with Crippen molar-refractivity contribution >= 4 is 15.7 Å². The molecule has 0 radical (unpaired) electrons. The Morgan fingerprint density at radius 2 is 1.88 bits per heavy atom. The lowest BCUT2D eigenvalue weighted by Gasteiger charge is -2.12. The third-order valence-corrected chi connectivity index (χ3v) is 3.97. The molecule has 24 heavy (non-hydrogen) atoms. The number of alkyl halides is 3. The average Bonchev–Trinajstić information content (AvgIpc) is 2.47. The second kappa shape index (κ2) is 8.34. The van der Waals surface area contributed by atoms with E-state index in [1.165, 1.54) is 12.1 Å². The molecule has 0 spiro atoms. The number of rotatable bonds is 8. The van der Waals surface area contributed by atoms with Crippen molar-refractivity contribution in [2.75, 3.05) is 25.2 Å². The molecule has 0 heterocycles. The lowest BCUT2D eigenvalue weighted by Crippen LogP contribution is -2.42. The molecule has 1 atom stereocenters. The molecule has 6 nitrogen and oxygen atoms in total. The molecule has 0 saturated heterocycles. The van der Waals surface area contributed by atoms with E-state index in [0.717, 1.165) is 18.4 Å². The number of amides is 1. The fourth-order valence-electron chi connectivity index (χ4n) is 1.69. The number of nitrogens with two attached hydrogens (primary N) is 1. The summed E-state index contributed by atoms with van der Waals surface area (Å²) in [5, 5.41) is 2.46. The Kier molecular flexibility index (Phi) is 7.03. The zero-order chi connectivity index (χ0) is 18.4. The number of carbonyl (C=O) groups is 1. The Bertz CT molecular complexity index is 645. The maximum Gasteiger partial charge on any atom is 0.416 e. The summed E-state index contributed by atoms with van der Waals surface area (Å²) in [7, 11) is -3.19. The molecule has 1 amide bonds. The highest BCUT2D eigenvalue weighted by Crippen LogP contribution is 2.30. The smallest absolute Gasteiger partial charge is 0.416 e. The molecule has 0 saturated carbocycles. The third-order valence-electron chi connectivity index (χ3n) is 2.99. The van der Waals surface area contributed by atoms with E-state index in [2.05, 4.69) is 5.32 Å². The van der Waals surface area contributed by atoms with Gasteiger partial charge in [0.1, 0.15) is 22.2 Å². The SMILES string of the molecule is CS(=O)(=O)CCC(N)C(=O)NCCOc1ccc(C(F)(F)F)cc1. The lowest BCUT2D eigenvalue weighted by molar-refractivity contribution is -0.137. The first-order valence-electron chi connectivity index (χ1n) is 7.00. The zero-order valence-electron chi connectivity index (χ0n) is 13.0. The Hall–Kier alpha value is -1.81. The van der Waals surface area contributed by atoms with Crippen molar-refractivity contribution in [3.8, 4) is 5.75 Å². The maximum atomic E-state index is 12.4. The summed E-state index contributed by atoms with van der Waals surface area (Å²) in [6.07, 6.45) is -3.35. The van der Waals surface area contributed by atoms with E-state index in [0.29, 0.717) is 0 Å². The van der Waals surface area contributed by atoms with Gasteiger partial charge in [-0.2, -0.15) is 13.2 Å². The van der Waals surface area contributed by atoms with Gasteiger partial charge in [0.05, 0.1) is 23.9 Å². The third kappa shape index (κ3) is 7.64. The number of halogens is 3. The van der Waals surface area contributed by atoms with E-state index in [-0.39, 0.29) is 31.1 Å². The highest BCUT2D eigenvalue weighted by molar-refractivity contribution is 7.90. The number of sulfone groups is 1. The average molecular weight is 368 g/mol. The molecule has 1 rings (SSSR count). The van der Waals surface area contributed by atoms with Crippen LogP contribution >= 0.6 is 0 Å². The highest BCUT2D eigenvalue weighted by Gasteiger charge is 2.30. The van der Waals surface area contributed by atoms with Crippen LogP contribution in [0.15, 0.2) is 24.3 Å². The van der Waals surface area contributed by atoms with Crippen LogP contribution in [-0.4, -0.2) is 45.5 Å². The summed E-state index contributed by atoms with van der Waals surface area (Å²) in [5.74, 6) is -0.475. The number of carbonyl (C=O) groups excluding carboxylic acids is 1. The van der Waals surface area contributed by atoms with Crippen molar-refractivity contribution in [3.63, 3.8) is 0 Å². The second-order valence-electron chi connectivity index (χ2n) is 5.19. The lowest BCUT2D eigenvalue weighted by atomic mass is 10.2. The predicted octanol–water partition coefficient (Wildman–Crippen LogP) is 0.962. The fraction of sp³-hybridized carbons (Fsp3) is 0.500. The first-order chi connectivity index (χ1) is 11.0. The van der Waals surface area contributed by atoms with Gasteiger partial charge in [-0.1, -0.05) is 0 Å². The largest absolute Gasteiger partial charge is 0.492 e. The van der Waals surface area contributed by atoms with Crippen molar-refractivity contribution < 1.29 is 31.1 Å². The monoisotopic (exact) mass is 368 g/mol. The molecule has 0 aliphatic heterocycles. The van der Waals surface area contributed by atoms with E-state index >= 15 is 0 Å². The van der Waals surface area contributed by atoms with Crippen LogP contribution in [0, 0.1) is 0 Å². The molecule has 10 heteroatoms. The van der Waals surface area contributed by atoms with Crippen LogP contribution < -0.4 is 15.8 Å². The van der Waals surface area contributed by atoms with Crippen LogP contribution in [0.3, 0.4) is 0 Å². The van der Waals surface area contributed by atoms with Gasteiger partial charge < -0.3 is 15.8 Å². The summed E-state index contributed by atoms with van der Waals surface area (Å²) in [6, 6.07) is 3.21. The van der Waals surface area contributed by atoms with Gasteiger partial charge >= 0.3 is 6.18 Å². The number of hydrogen-bond acceptors (Lipinski definition) is 5. The standard InChI is InChI=1S/C14H19F3N2O4S/c1-24(21,22)9-6-12(18)13(20)19-7-8-23-11-4-2-10(3-5-11)14(15,16)17/h2-5,12H,6-9,18H2,1H3,(H,19,20). The predicted molar refractivity (Wildman–Crippen MR) is 82.3 cm³/mol. The molecular weight excluding hydrogens is 349 g/mol. The van der Waals surface area contributed by atoms with Gasteiger partial charge in [0.2, 0.25) is 5.91 Å². The van der Waals surface area contributed by atoms with Gasteiger partial charge in [-0.3, -0.25) is 4.79 Å². The van der Waals surface area contributed by atoms with Gasteiger partial charge in [-0.15, -0.1) is 0 Å². The Labute approximate surface area is 138 Å². The van der Waals surface area contributed by atoms with E-state index in [1.807, 2.05) is 0 Å². The van der Waals surface area contributed by atoms with Crippen molar-refractivity contribution in [1.29, 1.82) is 0 Å². The van der Waals surface area contributed by atoms with Crippen LogP contribution in [0.2, 0.25) is 0 Å². The van der Waals surface area contributed by atoms with Gasteiger partial charge in [0, 0.05) is 6.26 Å². The fourth-order valence-corrected chi connectivity index (χ4v) is 2.37. The van der Waals surface area contributed by atoms with Gasteiger partial charge in [-0.05, 0) is 30.7 Å².